The van der Waals surface area contributed by atoms with Crippen molar-refractivity contribution in [1.82, 2.24) is 19.4 Å². The number of halogens is 1. The fourth-order valence-electron chi connectivity index (χ4n) is 5.25. The number of piperidine rings is 1. The second-order valence-corrected chi connectivity index (χ2v) is 9.73. The average molecular weight is 446 g/mol. The van der Waals surface area contributed by atoms with Gasteiger partial charge < -0.3 is 19.9 Å². The number of rotatable bonds is 6. The zero-order valence-corrected chi connectivity index (χ0v) is 19.4. The highest BCUT2D eigenvalue weighted by Crippen LogP contribution is 2.36. The summed E-state index contributed by atoms with van der Waals surface area (Å²) < 4.78 is 16.6. The van der Waals surface area contributed by atoms with E-state index in [2.05, 4.69) is 24.1 Å². The number of nitrogens with one attached hydrogen (secondary N) is 1. The van der Waals surface area contributed by atoms with Gasteiger partial charge in [-0.3, -0.25) is 4.79 Å². The average Bonchev–Trinajstić information content (AvgIpc) is 2.75. The van der Waals surface area contributed by atoms with Crippen molar-refractivity contribution in [2.45, 2.75) is 89.1 Å². The molecule has 0 aromatic carbocycles. The molecule has 1 unspecified atom stereocenters. The summed E-state index contributed by atoms with van der Waals surface area (Å²) in [6.45, 7) is 5.32. The Morgan fingerprint density at radius 3 is 2.72 bits per heavy atom. The second kappa shape index (κ2) is 9.83. The Balaban J connectivity index is 1.79. The fourth-order valence-corrected chi connectivity index (χ4v) is 5.25. The molecule has 2 aromatic rings. The maximum atomic E-state index is 15.0. The molecule has 2 aromatic heterocycles. The van der Waals surface area contributed by atoms with E-state index in [0.29, 0.717) is 29.8 Å². The van der Waals surface area contributed by atoms with Crippen LogP contribution in [0.2, 0.25) is 0 Å². The van der Waals surface area contributed by atoms with Crippen LogP contribution in [0.3, 0.4) is 0 Å². The molecule has 0 radical (unpaired) electrons. The number of likely N-dealkylation sites (tertiary alicyclic amines) is 1. The van der Waals surface area contributed by atoms with Gasteiger partial charge in [0.1, 0.15) is 6.17 Å². The molecule has 7 nitrogen and oxygen atoms in total. The zero-order chi connectivity index (χ0) is 22.8. The van der Waals surface area contributed by atoms with Crippen LogP contribution in [-0.4, -0.2) is 63.0 Å². The SMILES string of the molecule is CCCC(C)Nc1ncc2c(=O)n([C@H]3CCN(C)C[C@@H]3F)cc([C@H]3CC[C@H](O)CC3)c2n1. The molecule has 0 spiro atoms. The third-order valence-electron chi connectivity index (χ3n) is 7.11. The molecular weight excluding hydrogens is 409 g/mol. The summed E-state index contributed by atoms with van der Waals surface area (Å²) in [5.74, 6) is 0.711. The van der Waals surface area contributed by atoms with Crippen LogP contribution in [0.5, 0.6) is 0 Å². The standard InChI is InChI=1S/C24H36FN5O2/c1-4-5-15(2)27-24-26-12-18-22(28-24)19(16-6-8-17(31)9-7-16)13-30(23(18)32)21-10-11-29(3)14-20(21)25/h12-13,15-17,20-21,31H,4-11,14H2,1-3H3,(H,26,27,28)/t15?,16-,17-,20-,21-/m0/s1. The van der Waals surface area contributed by atoms with Crippen LogP contribution in [0.4, 0.5) is 10.3 Å². The van der Waals surface area contributed by atoms with Gasteiger partial charge in [0, 0.05) is 31.5 Å². The second-order valence-electron chi connectivity index (χ2n) is 9.73. The molecule has 3 atom stereocenters. The minimum absolute atomic E-state index is 0.188. The van der Waals surface area contributed by atoms with E-state index in [1.807, 2.05) is 18.1 Å². The predicted molar refractivity (Wildman–Crippen MR) is 125 cm³/mol. The van der Waals surface area contributed by atoms with Crippen LogP contribution in [0, 0.1) is 0 Å². The lowest BCUT2D eigenvalue weighted by Crippen LogP contribution is -2.43. The Kier molecular flexibility index (Phi) is 7.10. The van der Waals surface area contributed by atoms with Crippen LogP contribution in [-0.2, 0) is 0 Å². The van der Waals surface area contributed by atoms with Crippen molar-refractivity contribution in [3.8, 4) is 0 Å². The van der Waals surface area contributed by atoms with Gasteiger partial charge in [-0.15, -0.1) is 0 Å². The van der Waals surface area contributed by atoms with Gasteiger partial charge in [-0.2, -0.15) is 0 Å². The van der Waals surface area contributed by atoms with Gasteiger partial charge in [-0.05, 0) is 64.0 Å². The van der Waals surface area contributed by atoms with Crippen molar-refractivity contribution >= 4 is 16.9 Å². The highest BCUT2D eigenvalue weighted by Gasteiger charge is 2.32. The number of anilines is 1. The number of alkyl halides is 1. The van der Waals surface area contributed by atoms with Crippen LogP contribution in [0.25, 0.3) is 10.9 Å². The summed E-state index contributed by atoms with van der Waals surface area (Å²) in [6, 6.07) is -0.240. The Morgan fingerprint density at radius 2 is 2.03 bits per heavy atom. The van der Waals surface area contributed by atoms with E-state index < -0.39 is 12.2 Å². The number of aliphatic hydroxyl groups is 1. The lowest BCUT2D eigenvalue weighted by atomic mass is 9.82. The summed E-state index contributed by atoms with van der Waals surface area (Å²) in [5, 5.41) is 13.8. The van der Waals surface area contributed by atoms with Gasteiger partial charge in [0.2, 0.25) is 5.95 Å². The highest BCUT2D eigenvalue weighted by molar-refractivity contribution is 5.81. The minimum atomic E-state index is -1.10. The Hall–Kier alpha value is -2.06. The third-order valence-corrected chi connectivity index (χ3v) is 7.11. The van der Waals surface area contributed by atoms with Crippen LogP contribution in [0.1, 0.15) is 76.3 Å². The smallest absolute Gasteiger partial charge is 0.261 e. The van der Waals surface area contributed by atoms with Gasteiger partial charge in [0.15, 0.2) is 0 Å². The lowest BCUT2D eigenvalue weighted by Gasteiger charge is -2.34. The maximum absolute atomic E-state index is 15.0. The molecule has 3 heterocycles. The number of aliphatic hydroxyl groups excluding tert-OH is 1. The predicted octanol–water partition coefficient (Wildman–Crippen LogP) is 3.63. The first kappa shape index (κ1) is 23.1. The largest absolute Gasteiger partial charge is 0.393 e. The normalized spacial score (nSPS) is 28.0. The van der Waals surface area contributed by atoms with Crippen molar-refractivity contribution < 1.29 is 9.50 Å². The molecule has 8 heteroatoms. The van der Waals surface area contributed by atoms with Crippen molar-refractivity contribution in [2.75, 3.05) is 25.5 Å². The first-order chi connectivity index (χ1) is 15.4. The molecule has 2 aliphatic rings. The van der Waals surface area contributed by atoms with E-state index in [1.54, 1.807) is 10.8 Å². The third kappa shape index (κ3) is 4.81. The molecule has 0 bridgehead atoms. The molecule has 2 N–H and O–H groups in total. The fraction of sp³-hybridized carbons (Fsp3) is 0.708. The summed E-state index contributed by atoms with van der Waals surface area (Å²) in [6.07, 6.45) is 7.89. The minimum Gasteiger partial charge on any atom is -0.393 e. The monoisotopic (exact) mass is 445 g/mol. The van der Waals surface area contributed by atoms with Gasteiger partial charge >= 0.3 is 0 Å². The van der Waals surface area contributed by atoms with Gasteiger partial charge in [-0.25, -0.2) is 14.4 Å². The molecule has 176 valence electrons. The number of aromatic nitrogens is 3. The Morgan fingerprint density at radius 1 is 1.28 bits per heavy atom. The van der Waals surface area contributed by atoms with E-state index in [4.69, 9.17) is 4.98 Å². The first-order valence-electron chi connectivity index (χ1n) is 12.1. The molecule has 1 saturated heterocycles. The molecule has 32 heavy (non-hydrogen) atoms. The van der Waals surface area contributed by atoms with Crippen molar-refractivity contribution in [3.05, 3.63) is 28.3 Å². The molecule has 1 saturated carbocycles. The lowest BCUT2D eigenvalue weighted by molar-refractivity contribution is 0.105. The topological polar surface area (TPSA) is 83.3 Å². The van der Waals surface area contributed by atoms with E-state index in [0.717, 1.165) is 50.6 Å². The molecule has 0 amide bonds. The van der Waals surface area contributed by atoms with Crippen LogP contribution >= 0.6 is 0 Å². The van der Waals surface area contributed by atoms with Gasteiger partial charge in [-0.1, -0.05) is 13.3 Å². The Bertz CT molecular complexity index is 988. The maximum Gasteiger partial charge on any atom is 0.261 e. The summed E-state index contributed by atoms with van der Waals surface area (Å²) in [7, 11) is 1.91. The number of hydrogen-bond acceptors (Lipinski definition) is 6. The summed E-state index contributed by atoms with van der Waals surface area (Å²) >= 11 is 0. The zero-order valence-electron chi connectivity index (χ0n) is 19.4. The van der Waals surface area contributed by atoms with E-state index >= 15 is 0 Å². The summed E-state index contributed by atoms with van der Waals surface area (Å²) in [4.78, 5) is 24.6. The van der Waals surface area contributed by atoms with Crippen molar-refractivity contribution in [3.63, 3.8) is 0 Å². The number of hydrogen-bond donors (Lipinski definition) is 2. The molecular formula is C24H36FN5O2. The number of pyridine rings is 1. The quantitative estimate of drug-likeness (QED) is 0.707. The van der Waals surface area contributed by atoms with E-state index in [1.165, 1.54) is 0 Å². The van der Waals surface area contributed by atoms with E-state index in [9.17, 15) is 14.3 Å². The molecule has 2 fully saturated rings. The van der Waals surface area contributed by atoms with Gasteiger partial charge in [0.25, 0.3) is 5.56 Å². The number of nitrogens with zero attached hydrogens (tertiary/aromatic N) is 4. The molecule has 4 rings (SSSR count). The van der Waals surface area contributed by atoms with Crippen LogP contribution in [0.15, 0.2) is 17.2 Å². The highest BCUT2D eigenvalue weighted by atomic mass is 19.1. The van der Waals surface area contributed by atoms with Crippen LogP contribution < -0.4 is 10.9 Å². The summed E-state index contributed by atoms with van der Waals surface area (Å²) in [5.41, 5.74) is 1.42. The molecule has 1 aliphatic carbocycles. The van der Waals surface area contributed by atoms with E-state index in [-0.39, 0.29) is 23.6 Å². The number of fused-ring (bicyclic) bond motifs is 1. The molecule has 1 aliphatic heterocycles. The van der Waals surface area contributed by atoms with Crippen molar-refractivity contribution in [1.29, 1.82) is 0 Å². The van der Waals surface area contributed by atoms with Crippen molar-refractivity contribution in [2.24, 2.45) is 0 Å². The van der Waals surface area contributed by atoms with Gasteiger partial charge in [0.05, 0.1) is 23.0 Å². The first-order valence-corrected chi connectivity index (χ1v) is 12.1. The Labute approximate surface area is 189 Å².